The fraction of sp³-hybridized carbons (Fsp3) is 0.250. The Morgan fingerprint density at radius 2 is 2.00 bits per heavy atom. The van der Waals surface area contributed by atoms with Crippen LogP contribution in [0.3, 0.4) is 0 Å². The maximum atomic E-state index is 8.97. The largest absolute Gasteiger partial charge is 0.495 e. The summed E-state index contributed by atoms with van der Waals surface area (Å²) in [5.41, 5.74) is 1.13. The predicted octanol–water partition coefficient (Wildman–Crippen LogP) is 0.337. The van der Waals surface area contributed by atoms with Crippen LogP contribution in [0.15, 0.2) is 12.1 Å². The van der Waals surface area contributed by atoms with Crippen LogP contribution in [0.5, 0.6) is 5.75 Å². The minimum Gasteiger partial charge on any atom is -0.495 e. The van der Waals surface area contributed by atoms with Gasteiger partial charge >= 0.3 is 7.12 Å². The molecule has 13 heavy (non-hydrogen) atoms. The smallest absolute Gasteiger partial charge is 0.488 e. The molecule has 0 spiro atoms. The van der Waals surface area contributed by atoms with E-state index in [1.807, 2.05) is 0 Å². The lowest BCUT2D eigenvalue weighted by atomic mass is 9.77. The third kappa shape index (κ3) is 2.15. The highest BCUT2D eigenvalue weighted by molar-refractivity contribution is 6.59. The van der Waals surface area contributed by atoms with Crippen molar-refractivity contribution in [3.05, 3.63) is 22.7 Å². The van der Waals surface area contributed by atoms with Crippen molar-refractivity contribution in [1.82, 2.24) is 0 Å². The van der Waals surface area contributed by atoms with Crippen molar-refractivity contribution >= 4 is 24.2 Å². The quantitative estimate of drug-likeness (QED) is 0.677. The van der Waals surface area contributed by atoms with Gasteiger partial charge in [0.2, 0.25) is 0 Å². The summed E-state index contributed by atoms with van der Waals surface area (Å²) >= 11 is 5.82. The number of halogens is 1. The maximum absolute atomic E-state index is 8.97. The van der Waals surface area contributed by atoms with Crippen molar-refractivity contribution in [2.45, 2.75) is 6.92 Å². The Bertz CT molecular complexity index is 315. The van der Waals surface area contributed by atoms with Crippen LogP contribution in [-0.2, 0) is 0 Å². The van der Waals surface area contributed by atoms with Gasteiger partial charge in [0, 0.05) is 0 Å². The van der Waals surface area contributed by atoms with Gasteiger partial charge in [-0.1, -0.05) is 11.6 Å². The Morgan fingerprint density at radius 1 is 1.38 bits per heavy atom. The second-order valence-corrected chi connectivity index (χ2v) is 3.12. The molecule has 0 fully saturated rings. The van der Waals surface area contributed by atoms with E-state index in [1.165, 1.54) is 13.2 Å². The summed E-state index contributed by atoms with van der Waals surface area (Å²) in [6.45, 7) is 1.75. The van der Waals surface area contributed by atoms with Crippen molar-refractivity contribution in [1.29, 1.82) is 0 Å². The Hall–Kier alpha value is -0.705. The molecule has 2 N–H and O–H groups in total. The number of benzene rings is 1. The van der Waals surface area contributed by atoms with Gasteiger partial charge in [0.1, 0.15) is 5.75 Å². The van der Waals surface area contributed by atoms with Gasteiger partial charge in [-0.2, -0.15) is 0 Å². The van der Waals surface area contributed by atoms with Gasteiger partial charge < -0.3 is 14.8 Å². The van der Waals surface area contributed by atoms with Gasteiger partial charge in [-0.05, 0) is 30.1 Å². The summed E-state index contributed by atoms with van der Waals surface area (Å²) in [4.78, 5) is 0. The third-order valence-corrected chi connectivity index (χ3v) is 2.11. The lowest BCUT2D eigenvalue weighted by Gasteiger charge is -2.09. The molecule has 70 valence electrons. The molecule has 0 aromatic heterocycles. The molecule has 0 unspecified atom stereocenters. The topological polar surface area (TPSA) is 49.7 Å². The molecule has 1 aromatic rings. The van der Waals surface area contributed by atoms with Gasteiger partial charge in [-0.25, -0.2) is 0 Å². The molecule has 0 bridgehead atoms. The summed E-state index contributed by atoms with van der Waals surface area (Å²) < 4.78 is 4.94. The highest BCUT2D eigenvalue weighted by Gasteiger charge is 2.16. The molecule has 1 rings (SSSR count). The first-order valence-electron chi connectivity index (χ1n) is 3.76. The lowest BCUT2D eigenvalue weighted by molar-refractivity contribution is 0.412. The minimum absolute atomic E-state index is 0.404. The Labute approximate surface area is 82.1 Å². The van der Waals surface area contributed by atoms with Crippen LogP contribution in [0.1, 0.15) is 5.56 Å². The van der Waals surface area contributed by atoms with Gasteiger partial charge in [-0.15, -0.1) is 0 Å². The monoisotopic (exact) mass is 200 g/mol. The van der Waals surface area contributed by atoms with E-state index in [9.17, 15) is 0 Å². The molecule has 0 aliphatic heterocycles. The van der Waals surface area contributed by atoms with Crippen LogP contribution in [-0.4, -0.2) is 24.3 Å². The Kier molecular flexibility index (Phi) is 3.19. The summed E-state index contributed by atoms with van der Waals surface area (Å²) in [5.74, 6) is 0.440. The van der Waals surface area contributed by atoms with Crippen LogP contribution < -0.4 is 10.2 Å². The highest BCUT2D eigenvalue weighted by atomic mass is 35.5. The zero-order chi connectivity index (χ0) is 10.0. The number of hydrogen-bond acceptors (Lipinski definition) is 3. The molecule has 0 radical (unpaired) electrons. The maximum Gasteiger partial charge on any atom is 0.488 e. The molecule has 0 saturated heterocycles. The summed E-state index contributed by atoms with van der Waals surface area (Å²) in [6.07, 6.45) is 0. The van der Waals surface area contributed by atoms with E-state index < -0.39 is 7.12 Å². The number of rotatable bonds is 2. The van der Waals surface area contributed by atoms with E-state index >= 15 is 0 Å². The van der Waals surface area contributed by atoms with E-state index in [4.69, 9.17) is 26.4 Å². The summed E-state index contributed by atoms with van der Waals surface area (Å²) in [5, 5.41) is 18.4. The van der Waals surface area contributed by atoms with Gasteiger partial charge in [0.05, 0.1) is 12.1 Å². The zero-order valence-electron chi connectivity index (χ0n) is 7.41. The van der Waals surface area contributed by atoms with E-state index in [2.05, 4.69) is 0 Å². The minimum atomic E-state index is -1.49. The van der Waals surface area contributed by atoms with Gasteiger partial charge in [-0.3, -0.25) is 0 Å². The number of methoxy groups -OCH3 is 1. The van der Waals surface area contributed by atoms with Crippen LogP contribution in [0.4, 0.5) is 0 Å². The van der Waals surface area contributed by atoms with Crippen molar-refractivity contribution in [3.8, 4) is 5.75 Å². The van der Waals surface area contributed by atoms with Crippen LogP contribution in [0.25, 0.3) is 0 Å². The molecular weight excluding hydrogens is 190 g/mol. The number of ether oxygens (including phenoxy) is 1. The van der Waals surface area contributed by atoms with Crippen molar-refractivity contribution in [2.75, 3.05) is 7.11 Å². The Balaban J connectivity index is 3.22. The van der Waals surface area contributed by atoms with Crippen molar-refractivity contribution in [3.63, 3.8) is 0 Å². The third-order valence-electron chi connectivity index (χ3n) is 1.82. The first-order valence-corrected chi connectivity index (χ1v) is 4.14. The molecule has 3 nitrogen and oxygen atoms in total. The van der Waals surface area contributed by atoms with Crippen LogP contribution in [0, 0.1) is 6.92 Å². The predicted molar refractivity (Wildman–Crippen MR) is 52.6 cm³/mol. The molecule has 0 aliphatic carbocycles. The lowest BCUT2D eigenvalue weighted by Crippen LogP contribution is -2.32. The zero-order valence-corrected chi connectivity index (χ0v) is 8.17. The number of aryl methyl sites for hydroxylation is 1. The molecule has 0 atom stereocenters. The van der Waals surface area contributed by atoms with E-state index in [-0.39, 0.29) is 0 Å². The molecule has 1 aromatic carbocycles. The SMILES string of the molecule is COc1cc(B(O)O)c(C)cc1Cl. The summed E-state index contributed by atoms with van der Waals surface area (Å²) in [7, 11) is -0.0180. The standard InChI is InChI=1S/C8H10BClO3/c1-5-3-7(10)8(13-2)4-6(5)9(11)12/h3-4,11-12H,1-2H3. The second-order valence-electron chi connectivity index (χ2n) is 2.72. The fourth-order valence-corrected chi connectivity index (χ4v) is 1.40. The van der Waals surface area contributed by atoms with Gasteiger partial charge in [0.25, 0.3) is 0 Å². The fourth-order valence-electron chi connectivity index (χ4n) is 1.10. The molecule has 0 heterocycles. The molecular formula is C8H10BClO3. The highest BCUT2D eigenvalue weighted by Crippen LogP contribution is 2.23. The first-order chi connectivity index (χ1) is 6.06. The second kappa shape index (κ2) is 4.00. The average molecular weight is 200 g/mol. The molecule has 0 aliphatic rings. The summed E-state index contributed by atoms with van der Waals surface area (Å²) in [6, 6.07) is 3.15. The van der Waals surface area contributed by atoms with Gasteiger partial charge in [0.15, 0.2) is 0 Å². The molecule has 0 saturated carbocycles. The molecule has 0 amide bonds. The van der Waals surface area contributed by atoms with Crippen molar-refractivity contribution in [2.24, 2.45) is 0 Å². The van der Waals surface area contributed by atoms with E-state index in [0.717, 1.165) is 5.56 Å². The van der Waals surface area contributed by atoms with E-state index in [0.29, 0.717) is 16.2 Å². The molecule has 5 heteroatoms. The normalized spacial score (nSPS) is 9.92. The van der Waals surface area contributed by atoms with E-state index in [1.54, 1.807) is 13.0 Å². The number of hydrogen-bond donors (Lipinski definition) is 2. The van der Waals surface area contributed by atoms with Crippen LogP contribution in [0.2, 0.25) is 5.02 Å². The first kappa shape index (κ1) is 10.4. The van der Waals surface area contributed by atoms with Crippen molar-refractivity contribution < 1.29 is 14.8 Å². The Morgan fingerprint density at radius 3 is 2.46 bits per heavy atom. The van der Waals surface area contributed by atoms with Crippen LogP contribution >= 0.6 is 11.6 Å². The average Bonchev–Trinajstić information content (AvgIpc) is 2.03.